The van der Waals surface area contributed by atoms with Gasteiger partial charge >= 0.3 is 0 Å². The highest BCUT2D eigenvalue weighted by molar-refractivity contribution is 5.85. The second-order valence-electron chi connectivity index (χ2n) is 3.06. The van der Waals surface area contributed by atoms with Crippen LogP contribution in [0.3, 0.4) is 0 Å². The molecule has 0 amide bonds. The molecule has 0 bridgehead atoms. The molecule has 2 heterocycles. The van der Waals surface area contributed by atoms with Crippen LogP contribution in [-0.4, -0.2) is 9.78 Å². The maximum absolute atomic E-state index is 5.32. The first-order valence-electron chi connectivity index (χ1n) is 4.41. The van der Waals surface area contributed by atoms with Crippen molar-refractivity contribution >= 4 is 11.0 Å². The summed E-state index contributed by atoms with van der Waals surface area (Å²) in [5.74, 6) is 0. The largest absolute Gasteiger partial charge is 0.464 e. The molecule has 0 spiro atoms. The van der Waals surface area contributed by atoms with Gasteiger partial charge in [-0.15, -0.1) is 0 Å². The van der Waals surface area contributed by atoms with Gasteiger partial charge in [0.1, 0.15) is 5.58 Å². The van der Waals surface area contributed by atoms with Gasteiger partial charge in [-0.2, -0.15) is 5.10 Å². The van der Waals surface area contributed by atoms with Crippen molar-refractivity contribution < 1.29 is 4.42 Å². The third kappa shape index (κ3) is 0.956. The molecule has 1 aromatic carbocycles. The summed E-state index contributed by atoms with van der Waals surface area (Å²) in [4.78, 5) is 0. The topological polar surface area (TPSA) is 31.0 Å². The van der Waals surface area contributed by atoms with Crippen LogP contribution >= 0.6 is 0 Å². The summed E-state index contributed by atoms with van der Waals surface area (Å²) in [6.07, 6.45) is 5.37. The Labute approximate surface area is 80.6 Å². The Morgan fingerprint density at radius 1 is 1.14 bits per heavy atom. The fraction of sp³-hybridized carbons (Fsp3) is 0. The Kier molecular flexibility index (Phi) is 1.44. The summed E-state index contributed by atoms with van der Waals surface area (Å²) in [5.41, 5.74) is 1.93. The molecule has 2 aromatic heterocycles. The second kappa shape index (κ2) is 2.73. The molecule has 0 fully saturated rings. The van der Waals surface area contributed by atoms with E-state index in [2.05, 4.69) is 5.10 Å². The average Bonchev–Trinajstić information content (AvgIpc) is 2.88. The fourth-order valence-electron chi connectivity index (χ4n) is 1.59. The van der Waals surface area contributed by atoms with Gasteiger partial charge in [0.2, 0.25) is 0 Å². The van der Waals surface area contributed by atoms with Crippen molar-refractivity contribution in [1.29, 1.82) is 0 Å². The van der Waals surface area contributed by atoms with Gasteiger partial charge in [0.05, 0.1) is 12.0 Å². The lowest BCUT2D eigenvalue weighted by molar-refractivity contribution is 0.615. The summed E-state index contributed by atoms with van der Waals surface area (Å²) < 4.78 is 7.15. The second-order valence-corrected chi connectivity index (χ2v) is 3.06. The first kappa shape index (κ1) is 7.38. The molecule has 0 saturated heterocycles. The van der Waals surface area contributed by atoms with Crippen molar-refractivity contribution in [2.75, 3.05) is 0 Å². The molecule has 3 aromatic rings. The maximum Gasteiger partial charge on any atom is 0.136 e. The number of furan rings is 1. The van der Waals surface area contributed by atoms with E-state index in [9.17, 15) is 0 Å². The first-order chi connectivity index (χ1) is 6.95. The van der Waals surface area contributed by atoms with E-state index in [4.69, 9.17) is 4.42 Å². The zero-order valence-electron chi connectivity index (χ0n) is 7.42. The molecular weight excluding hydrogens is 176 g/mol. The molecule has 3 nitrogen and oxygen atoms in total. The van der Waals surface area contributed by atoms with Gasteiger partial charge in [0, 0.05) is 17.8 Å². The number of hydrogen-bond acceptors (Lipinski definition) is 2. The molecule has 3 heteroatoms. The molecule has 0 aliphatic heterocycles. The number of hydrogen-bond donors (Lipinski definition) is 0. The summed E-state index contributed by atoms with van der Waals surface area (Å²) >= 11 is 0. The van der Waals surface area contributed by atoms with Crippen molar-refractivity contribution in [3.05, 3.63) is 49.0 Å². The van der Waals surface area contributed by atoms with Crippen LogP contribution in [0.5, 0.6) is 0 Å². The minimum Gasteiger partial charge on any atom is -0.464 e. The van der Waals surface area contributed by atoms with Gasteiger partial charge in [0.15, 0.2) is 0 Å². The van der Waals surface area contributed by atoms with Crippen LogP contribution in [-0.2, 0) is 0 Å². The Morgan fingerprint density at radius 2 is 2.14 bits per heavy atom. The molecule has 0 unspecified atom stereocenters. The molecule has 0 saturated carbocycles. The third-order valence-corrected chi connectivity index (χ3v) is 2.22. The van der Waals surface area contributed by atoms with Crippen LogP contribution in [0.15, 0.2) is 53.4 Å². The SMILES string of the molecule is c1cc(-n2cccn2)c2ccoc2c1. The lowest BCUT2D eigenvalue weighted by atomic mass is 10.2. The minimum absolute atomic E-state index is 0.887. The van der Waals surface area contributed by atoms with Crippen LogP contribution in [0.1, 0.15) is 0 Å². The van der Waals surface area contributed by atoms with Crippen LogP contribution in [0.25, 0.3) is 16.7 Å². The van der Waals surface area contributed by atoms with Crippen LogP contribution < -0.4 is 0 Å². The summed E-state index contributed by atoms with van der Waals surface area (Å²) in [5, 5.41) is 5.27. The van der Waals surface area contributed by atoms with Crippen molar-refractivity contribution in [3.8, 4) is 5.69 Å². The number of aromatic nitrogens is 2. The zero-order chi connectivity index (χ0) is 9.38. The van der Waals surface area contributed by atoms with Gasteiger partial charge in [0.25, 0.3) is 0 Å². The summed E-state index contributed by atoms with van der Waals surface area (Å²) in [6.45, 7) is 0. The lowest BCUT2D eigenvalue weighted by Gasteiger charge is -2.01. The highest BCUT2D eigenvalue weighted by atomic mass is 16.3. The summed E-state index contributed by atoms with van der Waals surface area (Å²) in [7, 11) is 0. The monoisotopic (exact) mass is 184 g/mol. The van der Waals surface area contributed by atoms with Gasteiger partial charge in [-0.05, 0) is 24.3 Å². The van der Waals surface area contributed by atoms with E-state index in [0.29, 0.717) is 0 Å². The lowest BCUT2D eigenvalue weighted by Crippen LogP contribution is -1.93. The average molecular weight is 184 g/mol. The molecule has 3 rings (SSSR count). The van der Waals surface area contributed by atoms with Gasteiger partial charge in [-0.25, -0.2) is 4.68 Å². The Bertz CT molecular complexity index is 551. The van der Waals surface area contributed by atoms with Crippen molar-refractivity contribution in [2.24, 2.45) is 0 Å². The van der Waals surface area contributed by atoms with Crippen LogP contribution in [0.2, 0.25) is 0 Å². The molecule has 0 N–H and O–H groups in total. The molecule has 0 atom stereocenters. The highest BCUT2D eigenvalue weighted by Gasteiger charge is 2.03. The van der Waals surface area contributed by atoms with Crippen molar-refractivity contribution in [1.82, 2.24) is 9.78 Å². The van der Waals surface area contributed by atoms with E-state index in [1.807, 2.05) is 41.2 Å². The minimum atomic E-state index is 0.887. The molecule has 0 aliphatic carbocycles. The molecule has 0 radical (unpaired) electrons. The normalized spacial score (nSPS) is 10.9. The van der Waals surface area contributed by atoms with Crippen molar-refractivity contribution in [3.63, 3.8) is 0 Å². The van der Waals surface area contributed by atoms with E-state index in [1.165, 1.54) is 0 Å². The van der Waals surface area contributed by atoms with Gasteiger partial charge in [-0.3, -0.25) is 0 Å². The smallest absolute Gasteiger partial charge is 0.136 e. The predicted octanol–water partition coefficient (Wildman–Crippen LogP) is 2.62. The maximum atomic E-state index is 5.32. The predicted molar refractivity (Wildman–Crippen MR) is 53.3 cm³/mol. The Balaban J connectivity index is 2.36. The van der Waals surface area contributed by atoms with E-state index < -0.39 is 0 Å². The first-order valence-corrected chi connectivity index (χ1v) is 4.41. The van der Waals surface area contributed by atoms with Crippen LogP contribution in [0.4, 0.5) is 0 Å². The van der Waals surface area contributed by atoms with Crippen LogP contribution in [0, 0.1) is 0 Å². The number of fused-ring (bicyclic) bond motifs is 1. The van der Waals surface area contributed by atoms with E-state index in [0.717, 1.165) is 16.7 Å². The van der Waals surface area contributed by atoms with Crippen molar-refractivity contribution in [2.45, 2.75) is 0 Å². The fourth-order valence-corrected chi connectivity index (χ4v) is 1.59. The Hall–Kier alpha value is -2.03. The quantitative estimate of drug-likeness (QED) is 0.582. The van der Waals surface area contributed by atoms with E-state index in [1.54, 1.807) is 12.5 Å². The standard InChI is InChI=1S/C11H8N2O/c1-3-10(13-7-2-6-12-13)9-5-8-14-11(9)4-1/h1-8H. The van der Waals surface area contributed by atoms with Gasteiger partial charge in [-0.1, -0.05) is 6.07 Å². The number of benzene rings is 1. The number of nitrogens with zero attached hydrogens (tertiary/aromatic N) is 2. The van der Waals surface area contributed by atoms with E-state index in [-0.39, 0.29) is 0 Å². The third-order valence-electron chi connectivity index (χ3n) is 2.22. The Morgan fingerprint density at radius 3 is 3.00 bits per heavy atom. The summed E-state index contributed by atoms with van der Waals surface area (Å²) in [6, 6.07) is 9.78. The molecule has 14 heavy (non-hydrogen) atoms. The molecule has 0 aliphatic rings. The highest BCUT2D eigenvalue weighted by Crippen LogP contribution is 2.22. The zero-order valence-corrected chi connectivity index (χ0v) is 7.42. The van der Waals surface area contributed by atoms with E-state index >= 15 is 0 Å². The molecule has 68 valence electrons. The molecular formula is C11H8N2O. The van der Waals surface area contributed by atoms with Gasteiger partial charge < -0.3 is 4.42 Å². The number of rotatable bonds is 1.